The lowest BCUT2D eigenvalue weighted by Gasteiger charge is -2.20. The molecule has 0 saturated carbocycles. The van der Waals surface area contributed by atoms with Crippen LogP contribution in [-0.2, 0) is 4.74 Å². The van der Waals surface area contributed by atoms with Gasteiger partial charge in [-0.2, -0.15) is 0 Å². The minimum absolute atomic E-state index is 0.0487. The van der Waals surface area contributed by atoms with Crippen LogP contribution in [0.1, 0.15) is 30.1 Å². The van der Waals surface area contributed by atoms with Gasteiger partial charge in [0.05, 0.1) is 12.1 Å². The number of hydrogen-bond donors (Lipinski definition) is 2. The van der Waals surface area contributed by atoms with Gasteiger partial charge in [0.15, 0.2) is 0 Å². The van der Waals surface area contributed by atoms with Crippen molar-refractivity contribution in [3.8, 4) is 0 Å². The number of benzene rings is 1. The number of nitrogens with two attached hydrogens (primary N) is 1. The molecule has 4 nitrogen and oxygen atoms in total. The van der Waals surface area contributed by atoms with Crippen molar-refractivity contribution in [3.63, 3.8) is 0 Å². The Kier molecular flexibility index (Phi) is 3.99. The smallest absolute Gasteiger partial charge is 0.251 e. The molecule has 2 unspecified atom stereocenters. The molecule has 1 aliphatic heterocycles. The molecule has 0 radical (unpaired) electrons. The molecule has 1 fully saturated rings. The number of anilines is 1. The summed E-state index contributed by atoms with van der Waals surface area (Å²) in [7, 11) is 0. The van der Waals surface area contributed by atoms with E-state index < -0.39 is 23.2 Å². The van der Waals surface area contributed by atoms with E-state index in [4.69, 9.17) is 10.5 Å². The summed E-state index contributed by atoms with van der Waals surface area (Å²) in [6, 6.07) is 1.64. The highest BCUT2D eigenvalue weighted by Crippen LogP contribution is 2.19. The summed E-state index contributed by atoms with van der Waals surface area (Å²) in [5.74, 6) is -2.41. The van der Waals surface area contributed by atoms with E-state index in [9.17, 15) is 13.6 Å². The second kappa shape index (κ2) is 5.52. The van der Waals surface area contributed by atoms with E-state index in [1.54, 1.807) is 6.92 Å². The maximum absolute atomic E-state index is 13.3. The van der Waals surface area contributed by atoms with E-state index in [1.807, 2.05) is 0 Å². The fourth-order valence-corrected chi connectivity index (χ4v) is 2.10. The van der Waals surface area contributed by atoms with Gasteiger partial charge in [-0.25, -0.2) is 8.78 Å². The van der Waals surface area contributed by atoms with Crippen LogP contribution in [0.15, 0.2) is 12.1 Å². The summed E-state index contributed by atoms with van der Waals surface area (Å²) in [5, 5.41) is 2.67. The van der Waals surface area contributed by atoms with E-state index in [1.165, 1.54) is 0 Å². The maximum atomic E-state index is 13.3. The van der Waals surface area contributed by atoms with Crippen molar-refractivity contribution in [2.75, 3.05) is 12.3 Å². The first-order valence-electron chi connectivity index (χ1n) is 6.16. The van der Waals surface area contributed by atoms with Gasteiger partial charge in [0.1, 0.15) is 17.3 Å². The van der Waals surface area contributed by atoms with Gasteiger partial charge in [0.2, 0.25) is 0 Å². The molecule has 0 aromatic heterocycles. The zero-order valence-corrected chi connectivity index (χ0v) is 10.6. The third kappa shape index (κ3) is 3.01. The number of rotatable bonds is 3. The second-order valence-electron chi connectivity index (χ2n) is 4.67. The van der Waals surface area contributed by atoms with Gasteiger partial charge in [0.25, 0.3) is 5.91 Å². The van der Waals surface area contributed by atoms with Gasteiger partial charge >= 0.3 is 0 Å². The van der Waals surface area contributed by atoms with Crippen LogP contribution in [0.2, 0.25) is 0 Å². The average Bonchev–Trinajstić information content (AvgIpc) is 2.89. The molecule has 2 atom stereocenters. The fourth-order valence-electron chi connectivity index (χ4n) is 2.10. The number of carbonyl (C=O) groups excluding carboxylic acids is 1. The molecule has 3 N–H and O–H groups in total. The van der Waals surface area contributed by atoms with E-state index in [0.717, 1.165) is 25.0 Å². The predicted molar refractivity (Wildman–Crippen MR) is 66.7 cm³/mol. The summed E-state index contributed by atoms with van der Waals surface area (Å²) < 4.78 is 32.0. The molecule has 1 heterocycles. The number of hydrogen-bond acceptors (Lipinski definition) is 3. The molecule has 0 bridgehead atoms. The number of amides is 1. The van der Waals surface area contributed by atoms with E-state index in [2.05, 4.69) is 5.32 Å². The predicted octanol–water partition coefficient (Wildman–Crippen LogP) is 1.84. The molecule has 6 heteroatoms. The topological polar surface area (TPSA) is 64.4 Å². The van der Waals surface area contributed by atoms with Gasteiger partial charge in [-0.05, 0) is 31.9 Å². The zero-order chi connectivity index (χ0) is 14.0. The van der Waals surface area contributed by atoms with Crippen LogP contribution in [0.25, 0.3) is 0 Å². The number of carbonyl (C=O) groups is 1. The first-order valence-corrected chi connectivity index (χ1v) is 6.16. The average molecular weight is 270 g/mol. The van der Waals surface area contributed by atoms with Gasteiger partial charge in [-0.1, -0.05) is 0 Å². The third-order valence-corrected chi connectivity index (χ3v) is 3.22. The lowest BCUT2D eigenvalue weighted by molar-refractivity contribution is 0.0712. The Hall–Kier alpha value is -1.69. The van der Waals surface area contributed by atoms with Gasteiger partial charge < -0.3 is 15.8 Å². The Labute approximate surface area is 109 Å². The minimum Gasteiger partial charge on any atom is -0.394 e. The van der Waals surface area contributed by atoms with Crippen molar-refractivity contribution in [3.05, 3.63) is 29.3 Å². The normalized spacial score (nSPS) is 20.3. The molecule has 1 saturated heterocycles. The molecular formula is C13H16F2N2O2. The quantitative estimate of drug-likeness (QED) is 0.824. The SMILES string of the molecule is CC(NC(=O)c1cc(F)c(N)c(F)c1)C1CCCO1. The van der Waals surface area contributed by atoms with Crippen molar-refractivity contribution in [2.24, 2.45) is 0 Å². The molecule has 2 rings (SSSR count). The second-order valence-corrected chi connectivity index (χ2v) is 4.67. The molecule has 1 amide bonds. The van der Waals surface area contributed by atoms with E-state index in [0.29, 0.717) is 6.61 Å². The molecule has 104 valence electrons. The number of ether oxygens (including phenoxy) is 1. The molecular weight excluding hydrogens is 254 g/mol. The lowest BCUT2D eigenvalue weighted by Crippen LogP contribution is -2.40. The number of halogens is 2. The zero-order valence-electron chi connectivity index (χ0n) is 10.6. The summed E-state index contributed by atoms with van der Waals surface area (Å²) in [6.45, 7) is 2.48. The molecule has 0 aliphatic carbocycles. The largest absolute Gasteiger partial charge is 0.394 e. The van der Waals surface area contributed by atoms with Gasteiger partial charge in [-0.3, -0.25) is 4.79 Å². The summed E-state index contributed by atoms with van der Waals surface area (Å²) in [6.07, 6.45) is 1.77. The fraction of sp³-hybridized carbons (Fsp3) is 0.462. The van der Waals surface area contributed by atoms with Crippen molar-refractivity contribution in [1.29, 1.82) is 0 Å². The standard InChI is InChI=1S/C13H16F2N2O2/c1-7(11-3-2-4-19-11)17-13(18)8-5-9(14)12(16)10(15)6-8/h5-7,11H,2-4,16H2,1H3,(H,17,18). The monoisotopic (exact) mass is 270 g/mol. The van der Waals surface area contributed by atoms with Crippen LogP contribution in [0.4, 0.5) is 14.5 Å². The van der Waals surface area contributed by atoms with Crippen LogP contribution in [0.5, 0.6) is 0 Å². The lowest BCUT2D eigenvalue weighted by atomic mass is 10.1. The molecule has 1 aromatic carbocycles. The number of nitrogens with one attached hydrogen (secondary N) is 1. The third-order valence-electron chi connectivity index (χ3n) is 3.22. The summed E-state index contributed by atoms with van der Waals surface area (Å²) >= 11 is 0. The first kappa shape index (κ1) is 13.7. The molecule has 1 aliphatic rings. The molecule has 0 spiro atoms. The Morgan fingerprint density at radius 3 is 2.63 bits per heavy atom. The van der Waals surface area contributed by atoms with Gasteiger partial charge in [0, 0.05) is 12.2 Å². The summed E-state index contributed by atoms with van der Waals surface area (Å²) in [4.78, 5) is 11.9. The van der Waals surface area contributed by atoms with Crippen LogP contribution in [0.3, 0.4) is 0 Å². The summed E-state index contributed by atoms with van der Waals surface area (Å²) in [5.41, 5.74) is 4.48. The Bertz CT molecular complexity index is 465. The van der Waals surface area contributed by atoms with E-state index >= 15 is 0 Å². The minimum atomic E-state index is -0.935. The Morgan fingerprint density at radius 1 is 1.47 bits per heavy atom. The highest BCUT2D eigenvalue weighted by Gasteiger charge is 2.24. The van der Waals surface area contributed by atoms with Crippen LogP contribution >= 0.6 is 0 Å². The number of nitrogen functional groups attached to an aromatic ring is 1. The van der Waals surface area contributed by atoms with Gasteiger partial charge in [-0.15, -0.1) is 0 Å². The maximum Gasteiger partial charge on any atom is 0.251 e. The van der Waals surface area contributed by atoms with Crippen LogP contribution in [0, 0.1) is 11.6 Å². The van der Waals surface area contributed by atoms with Crippen molar-refractivity contribution in [1.82, 2.24) is 5.32 Å². The van der Waals surface area contributed by atoms with Crippen LogP contribution < -0.4 is 11.1 Å². The van der Waals surface area contributed by atoms with Crippen molar-refractivity contribution >= 4 is 11.6 Å². The van der Waals surface area contributed by atoms with Crippen LogP contribution in [-0.4, -0.2) is 24.7 Å². The first-order chi connectivity index (χ1) is 8.99. The Morgan fingerprint density at radius 2 is 2.11 bits per heavy atom. The highest BCUT2D eigenvalue weighted by molar-refractivity contribution is 5.94. The highest BCUT2D eigenvalue weighted by atomic mass is 19.1. The van der Waals surface area contributed by atoms with E-state index in [-0.39, 0.29) is 17.7 Å². The molecule has 19 heavy (non-hydrogen) atoms. The van der Waals surface area contributed by atoms with Crippen molar-refractivity contribution in [2.45, 2.75) is 31.9 Å². The molecule has 1 aromatic rings. The Balaban J connectivity index is 2.07. The van der Waals surface area contributed by atoms with Crippen molar-refractivity contribution < 1.29 is 18.3 Å².